The van der Waals surface area contributed by atoms with Crippen LogP contribution in [-0.4, -0.2) is 48.1 Å². The lowest BCUT2D eigenvalue weighted by molar-refractivity contribution is -0.133. The molecule has 25 heavy (non-hydrogen) atoms. The van der Waals surface area contributed by atoms with E-state index in [1.54, 1.807) is 7.11 Å². The SMILES string of the molecule is COc1ccc(CN(C)CN2C(=O)NC3(CCCCCC3)C2=O)cc1. The minimum absolute atomic E-state index is 0.0546. The van der Waals surface area contributed by atoms with E-state index in [0.29, 0.717) is 13.2 Å². The maximum Gasteiger partial charge on any atom is 0.326 e. The molecule has 6 heteroatoms. The van der Waals surface area contributed by atoms with Crippen molar-refractivity contribution in [2.45, 2.75) is 50.6 Å². The minimum atomic E-state index is -0.658. The summed E-state index contributed by atoms with van der Waals surface area (Å²) in [6.07, 6.45) is 5.81. The molecule has 3 amide bonds. The molecule has 6 nitrogen and oxygen atoms in total. The number of imide groups is 1. The third kappa shape index (κ3) is 3.79. The Labute approximate surface area is 149 Å². The maximum absolute atomic E-state index is 12.9. The molecule has 2 fully saturated rings. The second-order valence-corrected chi connectivity index (χ2v) is 7.16. The van der Waals surface area contributed by atoms with Crippen LogP contribution in [0.5, 0.6) is 5.75 Å². The topological polar surface area (TPSA) is 61.9 Å². The Morgan fingerprint density at radius 1 is 1.12 bits per heavy atom. The van der Waals surface area contributed by atoms with Gasteiger partial charge in [-0.1, -0.05) is 37.8 Å². The Hall–Kier alpha value is -2.08. The first-order valence-electron chi connectivity index (χ1n) is 9.00. The number of benzene rings is 1. The van der Waals surface area contributed by atoms with E-state index >= 15 is 0 Å². The van der Waals surface area contributed by atoms with Gasteiger partial charge in [-0.05, 0) is 37.6 Å². The molecule has 0 unspecified atom stereocenters. The molecule has 0 atom stereocenters. The summed E-state index contributed by atoms with van der Waals surface area (Å²) in [7, 11) is 3.56. The first-order valence-corrected chi connectivity index (χ1v) is 9.00. The summed E-state index contributed by atoms with van der Waals surface area (Å²) in [5.74, 6) is 0.761. The predicted molar refractivity (Wildman–Crippen MR) is 95.1 cm³/mol. The van der Waals surface area contributed by atoms with Crippen LogP contribution in [0.3, 0.4) is 0 Å². The lowest BCUT2D eigenvalue weighted by Crippen LogP contribution is -2.47. The Morgan fingerprint density at radius 2 is 1.76 bits per heavy atom. The van der Waals surface area contributed by atoms with Crippen molar-refractivity contribution in [1.29, 1.82) is 0 Å². The fourth-order valence-corrected chi connectivity index (χ4v) is 3.81. The number of urea groups is 1. The van der Waals surface area contributed by atoms with E-state index in [4.69, 9.17) is 4.74 Å². The summed E-state index contributed by atoms with van der Waals surface area (Å²) in [5, 5.41) is 2.99. The first-order chi connectivity index (χ1) is 12.0. The van der Waals surface area contributed by atoms with Gasteiger partial charge >= 0.3 is 6.03 Å². The molecule has 2 aliphatic rings. The summed E-state index contributed by atoms with van der Waals surface area (Å²) in [6, 6.07) is 7.56. The van der Waals surface area contributed by atoms with Gasteiger partial charge in [0.1, 0.15) is 11.3 Å². The monoisotopic (exact) mass is 345 g/mol. The Bertz CT molecular complexity index is 621. The van der Waals surface area contributed by atoms with Crippen LogP contribution in [0.2, 0.25) is 0 Å². The number of nitrogens with one attached hydrogen (secondary N) is 1. The highest BCUT2D eigenvalue weighted by Crippen LogP contribution is 2.32. The molecular weight excluding hydrogens is 318 g/mol. The highest BCUT2D eigenvalue weighted by molar-refractivity contribution is 6.07. The molecule has 1 aromatic carbocycles. The second kappa shape index (κ2) is 7.44. The molecule has 3 rings (SSSR count). The van der Waals surface area contributed by atoms with Crippen LogP contribution in [0.1, 0.15) is 44.1 Å². The van der Waals surface area contributed by atoms with Crippen molar-refractivity contribution in [2.24, 2.45) is 0 Å². The van der Waals surface area contributed by atoms with E-state index in [0.717, 1.165) is 49.8 Å². The molecule has 0 radical (unpaired) electrons. The van der Waals surface area contributed by atoms with E-state index in [9.17, 15) is 9.59 Å². The summed E-state index contributed by atoms with van der Waals surface area (Å²) in [4.78, 5) is 28.7. The fourth-order valence-electron chi connectivity index (χ4n) is 3.81. The Balaban J connectivity index is 1.63. The summed E-state index contributed by atoms with van der Waals surface area (Å²) in [6.45, 7) is 0.965. The molecule has 136 valence electrons. The van der Waals surface area contributed by atoms with E-state index in [-0.39, 0.29) is 11.9 Å². The number of methoxy groups -OCH3 is 1. The van der Waals surface area contributed by atoms with Crippen molar-refractivity contribution in [3.05, 3.63) is 29.8 Å². The number of hydrogen-bond donors (Lipinski definition) is 1. The van der Waals surface area contributed by atoms with Crippen LogP contribution < -0.4 is 10.1 Å². The van der Waals surface area contributed by atoms with Crippen molar-refractivity contribution >= 4 is 11.9 Å². The van der Waals surface area contributed by atoms with Crippen LogP contribution >= 0.6 is 0 Å². The van der Waals surface area contributed by atoms with Gasteiger partial charge < -0.3 is 10.1 Å². The zero-order chi connectivity index (χ0) is 17.9. The van der Waals surface area contributed by atoms with Crippen LogP contribution in [0, 0.1) is 0 Å². The number of amides is 3. The average molecular weight is 345 g/mol. The van der Waals surface area contributed by atoms with Crippen molar-refractivity contribution in [3.63, 3.8) is 0 Å². The number of ether oxygens (including phenoxy) is 1. The van der Waals surface area contributed by atoms with Gasteiger partial charge in [-0.3, -0.25) is 9.69 Å². The molecule has 1 aromatic rings. The zero-order valence-corrected chi connectivity index (χ0v) is 15.1. The lowest BCUT2D eigenvalue weighted by atomic mass is 9.90. The predicted octanol–water partition coefficient (Wildman–Crippen LogP) is 2.73. The summed E-state index contributed by atoms with van der Waals surface area (Å²) >= 11 is 0. The number of nitrogens with zero attached hydrogens (tertiary/aromatic N) is 2. The van der Waals surface area contributed by atoms with Gasteiger partial charge in [-0.2, -0.15) is 0 Å². The maximum atomic E-state index is 12.9. The molecule has 1 aliphatic carbocycles. The summed E-state index contributed by atoms with van der Waals surface area (Å²) < 4.78 is 5.16. The molecule has 0 bridgehead atoms. The van der Waals surface area contributed by atoms with Gasteiger partial charge in [0.2, 0.25) is 0 Å². The van der Waals surface area contributed by atoms with E-state index < -0.39 is 5.54 Å². The number of hydrogen-bond acceptors (Lipinski definition) is 4. The van der Waals surface area contributed by atoms with E-state index in [2.05, 4.69) is 5.32 Å². The van der Waals surface area contributed by atoms with Crippen molar-refractivity contribution in [1.82, 2.24) is 15.1 Å². The quantitative estimate of drug-likeness (QED) is 0.834. The van der Waals surface area contributed by atoms with Crippen LogP contribution in [-0.2, 0) is 11.3 Å². The van der Waals surface area contributed by atoms with Crippen molar-refractivity contribution < 1.29 is 14.3 Å². The van der Waals surface area contributed by atoms with Crippen LogP contribution in [0.15, 0.2) is 24.3 Å². The van der Waals surface area contributed by atoms with Gasteiger partial charge in [-0.15, -0.1) is 0 Å². The average Bonchev–Trinajstić information content (AvgIpc) is 2.77. The minimum Gasteiger partial charge on any atom is -0.497 e. The highest BCUT2D eigenvalue weighted by atomic mass is 16.5. The molecule has 0 aromatic heterocycles. The normalized spacial score (nSPS) is 20.0. The third-order valence-corrected chi connectivity index (χ3v) is 5.20. The first kappa shape index (κ1) is 17.7. The Kier molecular flexibility index (Phi) is 5.27. The standard InChI is InChI=1S/C19H27N3O3/c1-21(13-15-7-9-16(25-2)10-8-15)14-22-17(23)19(20-18(22)24)11-5-3-4-6-12-19/h7-10H,3-6,11-14H2,1-2H3,(H,20,24). The van der Waals surface area contributed by atoms with Crippen LogP contribution in [0.4, 0.5) is 4.79 Å². The van der Waals surface area contributed by atoms with Gasteiger partial charge in [0.25, 0.3) is 5.91 Å². The molecule has 1 spiro atoms. The molecule has 1 N–H and O–H groups in total. The van der Waals surface area contributed by atoms with Gasteiger partial charge in [0.15, 0.2) is 0 Å². The van der Waals surface area contributed by atoms with E-state index in [1.165, 1.54) is 4.90 Å². The number of carbonyl (C=O) groups is 2. The van der Waals surface area contributed by atoms with E-state index in [1.807, 2.05) is 36.2 Å². The molecule has 1 saturated heterocycles. The highest BCUT2D eigenvalue weighted by Gasteiger charge is 2.50. The van der Waals surface area contributed by atoms with Crippen molar-refractivity contribution in [3.8, 4) is 5.75 Å². The number of rotatable bonds is 5. The molecule has 1 heterocycles. The summed E-state index contributed by atoms with van der Waals surface area (Å²) in [5.41, 5.74) is 0.452. The van der Waals surface area contributed by atoms with Gasteiger partial charge in [0, 0.05) is 6.54 Å². The smallest absolute Gasteiger partial charge is 0.326 e. The lowest BCUT2D eigenvalue weighted by Gasteiger charge is -2.26. The van der Waals surface area contributed by atoms with Gasteiger partial charge in [0.05, 0.1) is 13.8 Å². The molecule has 1 saturated carbocycles. The van der Waals surface area contributed by atoms with Crippen molar-refractivity contribution in [2.75, 3.05) is 20.8 Å². The molecular formula is C19H27N3O3. The van der Waals surface area contributed by atoms with Gasteiger partial charge in [-0.25, -0.2) is 9.69 Å². The largest absolute Gasteiger partial charge is 0.497 e. The zero-order valence-electron chi connectivity index (χ0n) is 15.1. The van der Waals surface area contributed by atoms with Crippen LogP contribution in [0.25, 0.3) is 0 Å². The third-order valence-electron chi connectivity index (χ3n) is 5.20. The molecule has 1 aliphatic heterocycles. The number of carbonyl (C=O) groups excluding carboxylic acids is 2. The Morgan fingerprint density at radius 3 is 2.36 bits per heavy atom. The fraction of sp³-hybridized carbons (Fsp3) is 0.579. The second-order valence-electron chi connectivity index (χ2n) is 7.16.